The van der Waals surface area contributed by atoms with Gasteiger partial charge in [-0.15, -0.1) is 0 Å². The normalized spacial score (nSPS) is 11.1. The molecule has 0 unspecified atom stereocenters. The molecule has 0 saturated carbocycles. The van der Waals surface area contributed by atoms with Gasteiger partial charge in [0.05, 0.1) is 11.4 Å². The molecule has 0 aliphatic heterocycles. The first-order chi connectivity index (χ1) is 8.49. The van der Waals surface area contributed by atoms with Crippen LogP contribution < -0.4 is 11.3 Å². The summed E-state index contributed by atoms with van der Waals surface area (Å²) in [4.78, 5) is 12.0. The molecular formula is C13H16ClN3O. The molecule has 0 aliphatic carbocycles. The zero-order chi connectivity index (χ0) is 13.3. The van der Waals surface area contributed by atoms with Gasteiger partial charge in [0.15, 0.2) is 0 Å². The minimum atomic E-state index is -0.229. The minimum Gasteiger partial charge on any atom is -0.393 e. The second kappa shape index (κ2) is 4.90. The number of aromatic amines is 1. The van der Waals surface area contributed by atoms with Crippen LogP contribution in [0.2, 0.25) is 5.02 Å². The lowest BCUT2D eigenvalue weighted by molar-refractivity contribution is 0.628. The van der Waals surface area contributed by atoms with Crippen LogP contribution in [0.25, 0.3) is 5.69 Å². The van der Waals surface area contributed by atoms with Crippen molar-refractivity contribution in [1.29, 1.82) is 0 Å². The Hall–Kier alpha value is -1.68. The number of nitrogen functional groups attached to an aromatic ring is 1. The van der Waals surface area contributed by atoms with Gasteiger partial charge < -0.3 is 5.73 Å². The van der Waals surface area contributed by atoms with Crippen molar-refractivity contribution in [1.82, 2.24) is 9.78 Å². The van der Waals surface area contributed by atoms with Crippen molar-refractivity contribution >= 4 is 17.3 Å². The minimum absolute atomic E-state index is 0.229. The summed E-state index contributed by atoms with van der Waals surface area (Å²) in [6.45, 7) is 4.16. The van der Waals surface area contributed by atoms with Gasteiger partial charge in [-0.2, -0.15) is 0 Å². The van der Waals surface area contributed by atoms with Crippen LogP contribution in [0.4, 0.5) is 5.69 Å². The van der Waals surface area contributed by atoms with Gasteiger partial charge in [0.1, 0.15) is 5.69 Å². The quantitative estimate of drug-likeness (QED) is 0.896. The van der Waals surface area contributed by atoms with E-state index in [0.29, 0.717) is 16.6 Å². The Morgan fingerprint density at radius 1 is 1.44 bits per heavy atom. The topological polar surface area (TPSA) is 63.8 Å². The van der Waals surface area contributed by atoms with Crippen molar-refractivity contribution in [2.24, 2.45) is 5.92 Å². The Bertz CT molecular complexity index is 613. The molecule has 1 heterocycles. The lowest BCUT2D eigenvalue weighted by atomic mass is 10.1. The smallest absolute Gasteiger partial charge is 0.294 e. The van der Waals surface area contributed by atoms with Crippen LogP contribution >= 0.6 is 11.6 Å². The number of nitrogens with zero attached hydrogens (tertiary/aromatic N) is 1. The largest absolute Gasteiger partial charge is 0.393 e. The van der Waals surface area contributed by atoms with E-state index in [2.05, 4.69) is 18.9 Å². The standard InChI is InChI=1S/C13H16ClN3O/c1-8(2)6-11-12(15)13(18)17(16-11)10-5-3-4-9(14)7-10/h3-5,7-8,16H,6,15H2,1-2H3. The van der Waals surface area contributed by atoms with Gasteiger partial charge in [-0.05, 0) is 30.5 Å². The highest BCUT2D eigenvalue weighted by atomic mass is 35.5. The van der Waals surface area contributed by atoms with Crippen LogP contribution in [0.3, 0.4) is 0 Å². The molecule has 2 rings (SSSR count). The summed E-state index contributed by atoms with van der Waals surface area (Å²) in [6.07, 6.45) is 0.745. The summed E-state index contributed by atoms with van der Waals surface area (Å²) in [6, 6.07) is 7.08. The monoisotopic (exact) mass is 265 g/mol. The van der Waals surface area contributed by atoms with Gasteiger partial charge in [-0.1, -0.05) is 31.5 Å². The van der Waals surface area contributed by atoms with E-state index in [0.717, 1.165) is 12.1 Å². The lowest BCUT2D eigenvalue weighted by Crippen LogP contribution is -2.16. The molecular weight excluding hydrogens is 250 g/mol. The maximum Gasteiger partial charge on any atom is 0.294 e. The van der Waals surface area contributed by atoms with Crippen molar-refractivity contribution in [2.45, 2.75) is 20.3 Å². The Morgan fingerprint density at radius 2 is 2.17 bits per heavy atom. The Morgan fingerprint density at radius 3 is 2.78 bits per heavy atom. The third-order valence-corrected chi connectivity index (χ3v) is 2.92. The average Bonchev–Trinajstić information content (AvgIpc) is 2.57. The first-order valence-electron chi connectivity index (χ1n) is 5.84. The van der Waals surface area contributed by atoms with Crippen molar-refractivity contribution in [3.8, 4) is 5.69 Å². The van der Waals surface area contributed by atoms with Gasteiger partial charge in [0.25, 0.3) is 5.56 Å². The predicted molar refractivity (Wildman–Crippen MR) is 74.4 cm³/mol. The summed E-state index contributed by atoms with van der Waals surface area (Å²) < 4.78 is 1.43. The molecule has 5 heteroatoms. The number of H-pyrrole nitrogens is 1. The van der Waals surface area contributed by atoms with Crippen molar-refractivity contribution in [3.63, 3.8) is 0 Å². The molecule has 1 aromatic heterocycles. The van der Waals surface area contributed by atoms with E-state index in [1.165, 1.54) is 4.68 Å². The van der Waals surface area contributed by atoms with Crippen LogP contribution in [0.5, 0.6) is 0 Å². The third-order valence-electron chi connectivity index (χ3n) is 2.68. The van der Waals surface area contributed by atoms with Crippen LogP contribution in [0.15, 0.2) is 29.1 Å². The van der Waals surface area contributed by atoms with E-state index in [1.54, 1.807) is 18.2 Å². The molecule has 0 atom stereocenters. The molecule has 0 fully saturated rings. The fourth-order valence-electron chi connectivity index (χ4n) is 1.86. The second-order valence-electron chi connectivity index (χ2n) is 4.72. The highest BCUT2D eigenvalue weighted by Crippen LogP contribution is 2.16. The maximum atomic E-state index is 12.0. The van der Waals surface area contributed by atoms with Crippen LogP contribution in [0.1, 0.15) is 19.5 Å². The molecule has 0 bridgehead atoms. The molecule has 3 N–H and O–H groups in total. The average molecular weight is 266 g/mol. The maximum absolute atomic E-state index is 12.0. The molecule has 0 spiro atoms. The van der Waals surface area contributed by atoms with Gasteiger partial charge in [-0.3, -0.25) is 9.89 Å². The molecule has 0 radical (unpaired) electrons. The molecule has 96 valence electrons. The van der Waals surface area contributed by atoms with E-state index < -0.39 is 0 Å². The number of anilines is 1. The first-order valence-corrected chi connectivity index (χ1v) is 6.22. The zero-order valence-corrected chi connectivity index (χ0v) is 11.2. The first kappa shape index (κ1) is 12.8. The van der Waals surface area contributed by atoms with Gasteiger partial charge in [0, 0.05) is 5.02 Å². The number of nitrogens with two attached hydrogens (primary N) is 1. The fraction of sp³-hybridized carbons (Fsp3) is 0.308. The summed E-state index contributed by atoms with van der Waals surface area (Å²) in [7, 11) is 0. The third kappa shape index (κ3) is 2.43. The molecule has 0 amide bonds. The number of nitrogens with one attached hydrogen (secondary N) is 1. The van der Waals surface area contributed by atoms with E-state index >= 15 is 0 Å². The highest BCUT2D eigenvalue weighted by molar-refractivity contribution is 6.30. The number of hydrogen-bond donors (Lipinski definition) is 2. The highest BCUT2D eigenvalue weighted by Gasteiger charge is 2.13. The number of benzene rings is 1. The molecule has 2 aromatic rings. The van der Waals surface area contributed by atoms with E-state index in [4.69, 9.17) is 17.3 Å². The van der Waals surface area contributed by atoms with Crippen molar-refractivity contribution < 1.29 is 0 Å². The van der Waals surface area contributed by atoms with E-state index in [1.807, 2.05) is 6.07 Å². The van der Waals surface area contributed by atoms with Crippen LogP contribution in [-0.4, -0.2) is 9.78 Å². The number of rotatable bonds is 3. The van der Waals surface area contributed by atoms with Gasteiger partial charge in [0.2, 0.25) is 0 Å². The van der Waals surface area contributed by atoms with Crippen LogP contribution in [0, 0.1) is 5.92 Å². The Balaban J connectivity index is 2.49. The van der Waals surface area contributed by atoms with Gasteiger partial charge >= 0.3 is 0 Å². The van der Waals surface area contributed by atoms with Crippen molar-refractivity contribution in [3.05, 3.63) is 45.3 Å². The fourth-order valence-corrected chi connectivity index (χ4v) is 2.04. The molecule has 0 aliphatic rings. The lowest BCUT2D eigenvalue weighted by Gasteiger charge is -2.04. The molecule has 0 saturated heterocycles. The van der Waals surface area contributed by atoms with E-state index in [-0.39, 0.29) is 11.2 Å². The number of aromatic nitrogens is 2. The second-order valence-corrected chi connectivity index (χ2v) is 5.16. The SMILES string of the molecule is CC(C)Cc1[nH]n(-c2cccc(Cl)c2)c(=O)c1N. The van der Waals surface area contributed by atoms with Gasteiger partial charge in [-0.25, -0.2) is 4.68 Å². The van der Waals surface area contributed by atoms with Crippen molar-refractivity contribution in [2.75, 3.05) is 5.73 Å². The zero-order valence-electron chi connectivity index (χ0n) is 10.4. The molecule has 1 aromatic carbocycles. The van der Waals surface area contributed by atoms with E-state index in [9.17, 15) is 4.79 Å². The number of hydrogen-bond acceptors (Lipinski definition) is 2. The Labute approximate surface area is 110 Å². The summed E-state index contributed by atoms with van der Waals surface area (Å²) in [5.74, 6) is 0.429. The Kier molecular flexibility index (Phi) is 3.48. The predicted octanol–water partition coefficient (Wildman–Crippen LogP) is 2.60. The number of halogens is 1. The summed E-state index contributed by atoms with van der Waals surface area (Å²) in [5.41, 5.74) is 7.34. The molecule has 4 nitrogen and oxygen atoms in total. The van der Waals surface area contributed by atoms with Crippen LogP contribution in [-0.2, 0) is 6.42 Å². The summed E-state index contributed by atoms with van der Waals surface area (Å²) in [5, 5.41) is 3.63. The summed E-state index contributed by atoms with van der Waals surface area (Å²) >= 11 is 5.92. The molecule has 18 heavy (non-hydrogen) atoms.